The topological polar surface area (TPSA) is 74.0 Å². The van der Waals surface area contributed by atoms with Crippen molar-refractivity contribution in [3.8, 4) is 0 Å². The first-order valence-corrected chi connectivity index (χ1v) is 12.7. The Labute approximate surface area is 216 Å². The average Bonchev–Trinajstić information content (AvgIpc) is 3.48. The number of nitrogens with zero attached hydrogens (tertiary/aromatic N) is 2. The van der Waals surface area contributed by atoms with Gasteiger partial charge in [-0.15, -0.1) is 0 Å². The van der Waals surface area contributed by atoms with E-state index in [9.17, 15) is 14.7 Å². The van der Waals surface area contributed by atoms with Crippen molar-refractivity contribution in [1.29, 1.82) is 0 Å². The molecule has 0 aliphatic carbocycles. The van der Waals surface area contributed by atoms with Gasteiger partial charge in [0.25, 0.3) is 5.91 Å². The number of hydrogen-bond acceptors (Lipinski definition) is 5. The number of anilines is 2. The van der Waals surface area contributed by atoms with Crippen LogP contribution < -0.4 is 9.80 Å². The summed E-state index contributed by atoms with van der Waals surface area (Å²) in [5, 5.41) is 11.8. The molecular weight excluding hydrogens is 464 g/mol. The van der Waals surface area contributed by atoms with Crippen LogP contribution in [0.15, 0.2) is 94.6 Å². The first kappa shape index (κ1) is 24.4. The van der Waals surface area contributed by atoms with Crippen LogP contribution in [0, 0.1) is 0 Å². The third-order valence-corrected chi connectivity index (χ3v) is 7.06. The molecule has 0 radical (unpaired) electrons. The van der Waals surface area contributed by atoms with Gasteiger partial charge in [-0.25, -0.2) is 0 Å². The molecule has 37 heavy (non-hydrogen) atoms. The minimum absolute atomic E-state index is 0.0132. The van der Waals surface area contributed by atoms with Gasteiger partial charge in [0.05, 0.1) is 11.6 Å². The highest BCUT2D eigenvalue weighted by atomic mass is 16.3. The third kappa shape index (κ3) is 4.29. The van der Waals surface area contributed by atoms with Crippen LogP contribution in [0.5, 0.6) is 0 Å². The molecule has 0 bridgehead atoms. The van der Waals surface area contributed by atoms with Gasteiger partial charge in [0, 0.05) is 29.9 Å². The maximum absolute atomic E-state index is 13.8. The lowest BCUT2D eigenvalue weighted by atomic mass is 9.94. The van der Waals surface area contributed by atoms with E-state index in [1.54, 1.807) is 12.1 Å². The molecule has 5 rings (SSSR count). The molecule has 1 atom stereocenters. The number of ketones is 1. The summed E-state index contributed by atoms with van der Waals surface area (Å²) in [6, 6.07) is 23.6. The number of aliphatic hydroxyl groups is 1. The highest BCUT2D eigenvalue weighted by molar-refractivity contribution is 6.20. The van der Waals surface area contributed by atoms with Crippen molar-refractivity contribution in [2.75, 3.05) is 22.9 Å². The van der Waals surface area contributed by atoms with E-state index in [0.717, 1.165) is 41.7 Å². The summed E-state index contributed by atoms with van der Waals surface area (Å²) in [7, 11) is 0. The molecule has 0 saturated carbocycles. The van der Waals surface area contributed by atoms with E-state index in [0.29, 0.717) is 11.3 Å². The zero-order chi connectivity index (χ0) is 26.1. The highest BCUT2D eigenvalue weighted by Crippen LogP contribution is 2.42. The zero-order valence-electron chi connectivity index (χ0n) is 21.3. The molecule has 2 heterocycles. The Bertz CT molecular complexity index is 1440. The van der Waals surface area contributed by atoms with Crippen LogP contribution in [-0.2, 0) is 11.2 Å². The van der Waals surface area contributed by atoms with Crippen molar-refractivity contribution in [3.05, 3.63) is 107 Å². The largest absolute Gasteiger partial charge is 0.503 e. The number of Topliss-reactive ketones (excluding diaryl/α,β-unsaturated/α-hetero) is 1. The SMILES string of the molecule is CCc1ccc(N2C(=O)C(O)=C(C(=O)c3cc4ccccc4o3)C2c2ccc(N(CC)CC)cc2)cc1. The summed E-state index contributed by atoms with van der Waals surface area (Å²) in [4.78, 5) is 31.0. The molecule has 1 unspecified atom stereocenters. The third-order valence-electron chi connectivity index (χ3n) is 7.06. The Hall–Kier alpha value is -4.32. The van der Waals surface area contributed by atoms with E-state index in [1.165, 1.54) is 4.90 Å². The Kier molecular flexibility index (Phi) is 6.57. The molecule has 1 aromatic heterocycles. The fraction of sp³-hybridized carbons (Fsp3) is 0.226. The van der Waals surface area contributed by atoms with Gasteiger partial charge in [-0.1, -0.05) is 49.4 Å². The molecule has 4 aromatic rings. The number of carbonyl (C=O) groups is 2. The minimum Gasteiger partial charge on any atom is -0.503 e. The molecule has 0 fully saturated rings. The first-order chi connectivity index (χ1) is 18.0. The predicted molar refractivity (Wildman–Crippen MR) is 146 cm³/mol. The lowest BCUT2D eigenvalue weighted by Crippen LogP contribution is -2.31. The van der Waals surface area contributed by atoms with Crippen molar-refractivity contribution in [2.45, 2.75) is 33.2 Å². The average molecular weight is 495 g/mol. The lowest BCUT2D eigenvalue weighted by Gasteiger charge is -2.28. The number of furan rings is 1. The quantitative estimate of drug-likeness (QED) is 0.279. The maximum atomic E-state index is 13.8. The van der Waals surface area contributed by atoms with Gasteiger partial charge in [0.2, 0.25) is 5.78 Å². The molecule has 0 saturated heterocycles. The van der Waals surface area contributed by atoms with Gasteiger partial charge in [0.1, 0.15) is 5.58 Å². The maximum Gasteiger partial charge on any atom is 0.294 e. The number of benzene rings is 3. The molecule has 1 amide bonds. The molecule has 1 aliphatic heterocycles. The summed E-state index contributed by atoms with van der Waals surface area (Å²) >= 11 is 0. The number of fused-ring (bicyclic) bond motifs is 1. The van der Waals surface area contributed by atoms with E-state index in [4.69, 9.17) is 4.42 Å². The van der Waals surface area contributed by atoms with Crippen LogP contribution in [0.3, 0.4) is 0 Å². The number of carbonyl (C=O) groups excluding carboxylic acids is 2. The standard InChI is InChI=1S/C31H30N2O4/c1-4-20-11-15-24(16-12-20)33-28(21-13-17-23(18-14-21)32(5-2)6-3)27(30(35)31(33)36)29(34)26-19-22-9-7-8-10-25(22)37-26/h7-19,28,35H,4-6H2,1-3H3. The number of aryl methyl sites for hydroxylation is 1. The Morgan fingerprint density at radius 2 is 1.62 bits per heavy atom. The summed E-state index contributed by atoms with van der Waals surface area (Å²) in [5.41, 5.74) is 4.11. The Morgan fingerprint density at radius 1 is 0.946 bits per heavy atom. The van der Waals surface area contributed by atoms with Crippen molar-refractivity contribution < 1.29 is 19.1 Å². The predicted octanol–water partition coefficient (Wildman–Crippen LogP) is 6.62. The summed E-state index contributed by atoms with van der Waals surface area (Å²) < 4.78 is 5.83. The van der Waals surface area contributed by atoms with E-state index >= 15 is 0 Å². The van der Waals surface area contributed by atoms with Crippen molar-refractivity contribution in [3.63, 3.8) is 0 Å². The second-order valence-corrected chi connectivity index (χ2v) is 9.10. The van der Waals surface area contributed by atoms with Crippen LogP contribution in [0.2, 0.25) is 0 Å². The number of amides is 1. The van der Waals surface area contributed by atoms with Gasteiger partial charge in [0.15, 0.2) is 11.5 Å². The smallest absolute Gasteiger partial charge is 0.294 e. The Balaban J connectivity index is 1.62. The van der Waals surface area contributed by atoms with Gasteiger partial charge >= 0.3 is 0 Å². The van der Waals surface area contributed by atoms with Gasteiger partial charge in [-0.05, 0) is 67.8 Å². The zero-order valence-corrected chi connectivity index (χ0v) is 21.3. The first-order valence-electron chi connectivity index (χ1n) is 12.7. The molecule has 0 spiro atoms. The molecule has 1 N–H and O–H groups in total. The normalized spacial score (nSPS) is 15.6. The fourth-order valence-electron chi connectivity index (χ4n) is 4.99. The number of aliphatic hydroxyl groups excluding tert-OH is 1. The fourth-order valence-corrected chi connectivity index (χ4v) is 4.99. The van der Waals surface area contributed by atoms with E-state index in [1.807, 2.05) is 66.7 Å². The number of para-hydroxylation sites is 1. The van der Waals surface area contributed by atoms with Gasteiger partial charge in [-0.2, -0.15) is 0 Å². The lowest BCUT2D eigenvalue weighted by molar-refractivity contribution is -0.117. The molecular formula is C31H30N2O4. The van der Waals surface area contributed by atoms with E-state index in [2.05, 4.69) is 25.7 Å². The molecule has 1 aliphatic rings. The molecule has 6 nitrogen and oxygen atoms in total. The van der Waals surface area contributed by atoms with Crippen LogP contribution in [0.1, 0.15) is 48.5 Å². The van der Waals surface area contributed by atoms with E-state index in [-0.39, 0.29) is 11.3 Å². The van der Waals surface area contributed by atoms with Crippen molar-refractivity contribution in [1.82, 2.24) is 0 Å². The number of hydrogen-bond donors (Lipinski definition) is 1. The molecule has 3 aromatic carbocycles. The summed E-state index contributed by atoms with van der Waals surface area (Å²) in [6.07, 6.45) is 0.865. The summed E-state index contributed by atoms with van der Waals surface area (Å²) in [6.45, 7) is 7.99. The van der Waals surface area contributed by atoms with Crippen molar-refractivity contribution >= 4 is 34.0 Å². The minimum atomic E-state index is -0.800. The highest BCUT2D eigenvalue weighted by Gasteiger charge is 2.45. The molecule has 188 valence electrons. The number of rotatable bonds is 8. The van der Waals surface area contributed by atoms with Crippen LogP contribution in [-0.4, -0.2) is 29.9 Å². The second-order valence-electron chi connectivity index (χ2n) is 9.10. The van der Waals surface area contributed by atoms with Crippen LogP contribution in [0.4, 0.5) is 11.4 Å². The summed E-state index contributed by atoms with van der Waals surface area (Å²) in [5.74, 6) is -1.58. The second kappa shape index (κ2) is 9.97. The Morgan fingerprint density at radius 3 is 2.24 bits per heavy atom. The molecule has 6 heteroatoms. The van der Waals surface area contributed by atoms with Gasteiger partial charge in [-0.3, -0.25) is 14.5 Å². The van der Waals surface area contributed by atoms with Crippen molar-refractivity contribution in [2.24, 2.45) is 0 Å². The monoisotopic (exact) mass is 494 g/mol. The van der Waals surface area contributed by atoms with Gasteiger partial charge < -0.3 is 14.4 Å². The van der Waals surface area contributed by atoms with Crippen LogP contribution >= 0.6 is 0 Å². The van der Waals surface area contributed by atoms with E-state index < -0.39 is 23.5 Å². The van der Waals surface area contributed by atoms with Crippen LogP contribution in [0.25, 0.3) is 11.0 Å².